The summed E-state index contributed by atoms with van der Waals surface area (Å²) in [6.07, 6.45) is 0.534. The van der Waals surface area contributed by atoms with Gasteiger partial charge in [-0.1, -0.05) is 53.5 Å². The lowest BCUT2D eigenvalue weighted by Gasteiger charge is -2.22. The Morgan fingerprint density at radius 3 is 1.30 bits per heavy atom. The van der Waals surface area contributed by atoms with Crippen LogP contribution in [0.3, 0.4) is 0 Å². The standard InChI is InChI=1S/2C21H18ClN3O3S2.C21H16F3N3O2S2.C8H7BF3O2/c2*1-14-11-17(12-19-20(14)18(22)7-8-23-19)30(26,27)25(21-24-9-10-29-21)13-15-3-5-16(28-2)6-4-15;1-12-9-14(21(22,23)24)3-4-16(12)17-5-6-25-18-11-15(10-13(2)19(17)18)31(28,29)27-20-26-7-8-30-20;1-5-4-6(8(10,11)12)2-3-7(5)14-9-13/h2*3-12H,13H2,1-2H3;3-11H,1-2H3,(H,26,27);2-4,13H,1H3. The van der Waals surface area contributed by atoms with Gasteiger partial charge in [-0.25, -0.2) is 48.8 Å². The number of halogens is 8. The first-order valence-electron chi connectivity index (χ1n) is 30.8. The van der Waals surface area contributed by atoms with E-state index in [0.29, 0.717) is 89.2 Å². The Kier molecular flexibility index (Phi) is 24.5. The predicted molar refractivity (Wildman–Crippen MR) is 399 cm³/mol. The molecule has 6 aromatic heterocycles. The smallest absolute Gasteiger partial charge is 0.537 e. The van der Waals surface area contributed by atoms with Gasteiger partial charge < -0.3 is 19.2 Å². The Bertz CT molecular complexity index is 5400. The summed E-state index contributed by atoms with van der Waals surface area (Å²) in [7, 11) is -8.07. The van der Waals surface area contributed by atoms with E-state index >= 15 is 0 Å². The monoisotopic (exact) mass is 1580 g/mol. The van der Waals surface area contributed by atoms with Gasteiger partial charge in [0.1, 0.15) is 17.2 Å². The molecule has 0 spiro atoms. The number of methoxy groups -OCH3 is 2. The molecular formula is C71H59BCl2F6N9O10S6. The Morgan fingerprint density at radius 1 is 0.467 bits per heavy atom. The van der Waals surface area contributed by atoms with Crippen LogP contribution in [0, 0.1) is 34.6 Å². The predicted octanol–water partition coefficient (Wildman–Crippen LogP) is 17.8. The summed E-state index contributed by atoms with van der Waals surface area (Å²) in [5, 5.41) is 17.7. The van der Waals surface area contributed by atoms with E-state index < -0.39 is 53.5 Å². The topological polar surface area (TPSA) is 246 Å². The first-order chi connectivity index (χ1) is 49.8. The lowest BCUT2D eigenvalue weighted by molar-refractivity contribution is -0.138. The number of pyridine rings is 3. The molecule has 0 amide bonds. The van der Waals surface area contributed by atoms with Gasteiger partial charge in [-0.3, -0.25) is 19.7 Å². The second kappa shape index (κ2) is 32.9. The largest absolute Gasteiger partial charge is 0.569 e. The fraction of sp³-hybridized carbons (Fsp3) is 0.155. The Balaban J connectivity index is 0.000000155. The number of rotatable bonds is 18. The molecule has 0 aliphatic carbocycles. The van der Waals surface area contributed by atoms with Crippen molar-refractivity contribution in [2.45, 2.75) is 74.7 Å². The van der Waals surface area contributed by atoms with Crippen molar-refractivity contribution >= 4 is 143 Å². The zero-order chi connectivity index (χ0) is 75.8. The van der Waals surface area contributed by atoms with Crippen molar-refractivity contribution in [1.82, 2.24) is 29.9 Å². The SMILES string of the molecule is COc1ccc(CN(c2nccs2)S(=O)(=O)c2cc(C)c3c(Cl)ccnc3c2)cc1.COc1ccc(CN(c2nccs2)S(=O)(=O)c2cc(C)c3c(Cl)ccnc3c2)cc1.Cc1cc(C(F)(F)F)ccc1-c1ccnc2cc(S(=O)(=O)Nc3nccs3)cc(C)c12.Cc1cc(C(F)(F)F)ccc1O[B]O. The molecule has 0 saturated carbocycles. The summed E-state index contributed by atoms with van der Waals surface area (Å²) in [6.45, 7) is 8.75. The highest BCUT2D eigenvalue weighted by molar-refractivity contribution is 7.93. The molecule has 543 valence electrons. The summed E-state index contributed by atoms with van der Waals surface area (Å²) in [6, 6.07) is 35.5. The second-order valence-corrected chi connectivity index (χ2v) is 31.7. The normalized spacial score (nSPS) is 11.7. The number of nitrogens with one attached hydrogen (secondary N) is 1. The summed E-state index contributed by atoms with van der Waals surface area (Å²) < 4.78 is 176. The number of alkyl halides is 6. The maximum absolute atomic E-state index is 13.6. The molecule has 0 unspecified atom stereocenters. The number of thiazole rings is 3. The summed E-state index contributed by atoms with van der Waals surface area (Å²) in [5.74, 6) is 1.60. The number of benzene rings is 7. The van der Waals surface area contributed by atoms with Crippen molar-refractivity contribution in [2.75, 3.05) is 27.6 Å². The van der Waals surface area contributed by atoms with Gasteiger partial charge in [0.05, 0.1) is 79.7 Å². The number of anilines is 3. The van der Waals surface area contributed by atoms with E-state index in [4.69, 9.17) is 37.7 Å². The molecule has 13 aromatic rings. The zero-order valence-electron chi connectivity index (χ0n) is 56.1. The average molecular weight is 1590 g/mol. The van der Waals surface area contributed by atoms with E-state index in [2.05, 4.69) is 39.3 Å². The molecule has 0 fully saturated rings. The number of ether oxygens (including phenoxy) is 2. The molecular weight excluding hydrogens is 1530 g/mol. The average Bonchev–Trinajstić information content (AvgIpc) is 1.29. The van der Waals surface area contributed by atoms with Gasteiger partial charge in [0.15, 0.2) is 15.4 Å². The molecule has 2 N–H and O–H groups in total. The highest BCUT2D eigenvalue weighted by Gasteiger charge is 2.34. The molecule has 34 heteroatoms. The van der Waals surface area contributed by atoms with Crippen LogP contribution in [0.2, 0.25) is 10.0 Å². The van der Waals surface area contributed by atoms with E-state index in [9.17, 15) is 51.6 Å². The Labute approximate surface area is 622 Å². The van der Waals surface area contributed by atoms with Crippen molar-refractivity contribution in [1.29, 1.82) is 0 Å². The number of sulfonamides is 3. The highest BCUT2D eigenvalue weighted by Crippen LogP contribution is 2.40. The summed E-state index contributed by atoms with van der Waals surface area (Å²) in [5.41, 5.74) is 5.87. The van der Waals surface area contributed by atoms with Gasteiger partial charge in [0.25, 0.3) is 30.1 Å². The number of hydrogen-bond donors (Lipinski definition) is 2. The fourth-order valence-electron chi connectivity index (χ4n) is 10.8. The highest BCUT2D eigenvalue weighted by atomic mass is 35.5. The molecule has 0 saturated heterocycles. The van der Waals surface area contributed by atoms with E-state index in [-0.39, 0.29) is 38.7 Å². The molecule has 13 rings (SSSR count). The minimum absolute atomic E-state index is 0.0292. The van der Waals surface area contributed by atoms with E-state index in [0.717, 1.165) is 74.7 Å². The minimum Gasteiger partial charge on any atom is -0.537 e. The van der Waals surface area contributed by atoms with Crippen molar-refractivity contribution in [3.8, 4) is 28.4 Å². The van der Waals surface area contributed by atoms with Crippen LogP contribution in [0.4, 0.5) is 41.7 Å². The lowest BCUT2D eigenvalue weighted by atomic mass is 9.94. The minimum atomic E-state index is -4.42. The summed E-state index contributed by atoms with van der Waals surface area (Å²) >= 11 is 16.3. The number of aromatic nitrogens is 6. The maximum Gasteiger partial charge on any atom is 0.569 e. The lowest BCUT2D eigenvalue weighted by Crippen LogP contribution is -2.30. The van der Waals surface area contributed by atoms with Crippen LogP contribution >= 0.6 is 57.2 Å². The third-order valence-corrected chi connectivity index (χ3v) is 23.9. The first kappa shape index (κ1) is 78.1. The number of hydrogen-bond acceptors (Lipinski definition) is 19. The van der Waals surface area contributed by atoms with E-state index in [1.54, 1.807) is 136 Å². The van der Waals surface area contributed by atoms with Crippen LogP contribution in [-0.4, -0.2) is 82.1 Å². The van der Waals surface area contributed by atoms with Crippen molar-refractivity contribution in [3.05, 3.63) is 253 Å². The molecule has 0 aliphatic heterocycles. The second-order valence-electron chi connectivity index (χ2n) is 22.9. The van der Waals surface area contributed by atoms with Crippen molar-refractivity contribution < 1.29 is 70.7 Å². The van der Waals surface area contributed by atoms with Gasteiger partial charge in [-0.15, -0.1) is 34.0 Å². The van der Waals surface area contributed by atoms with Crippen LogP contribution in [0.5, 0.6) is 17.2 Å². The van der Waals surface area contributed by atoms with Gasteiger partial charge >= 0.3 is 20.0 Å². The molecule has 0 atom stereocenters. The van der Waals surface area contributed by atoms with E-state index in [1.807, 2.05) is 38.1 Å². The molecule has 105 heavy (non-hydrogen) atoms. The third kappa shape index (κ3) is 18.4. The molecule has 6 heterocycles. The molecule has 1 radical (unpaired) electrons. The van der Waals surface area contributed by atoms with Crippen LogP contribution < -0.4 is 27.5 Å². The quantitative estimate of drug-likeness (QED) is 0.0599. The number of aryl methyl sites for hydroxylation is 5. The first-order valence-corrected chi connectivity index (χ1v) is 38.6. The molecule has 0 bridgehead atoms. The van der Waals surface area contributed by atoms with Crippen molar-refractivity contribution in [3.63, 3.8) is 0 Å². The summed E-state index contributed by atoms with van der Waals surface area (Å²) in [4.78, 5) is 25.6. The third-order valence-electron chi connectivity index (χ3n) is 15.8. The number of nitrogens with zero attached hydrogens (tertiary/aromatic N) is 8. The van der Waals surface area contributed by atoms with Gasteiger partial charge in [0, 0.05) is 69.5 Å². The molecule has 0 aliphatic rings. The van der Waals surface area contributed by atoms with Crippen molar-refractivity contribution in [2.24, 2.45) is 0 Å². The van der Waals surface area contributed by atoms with Gasteiger partial charge in [-0.2, -0.15) is 26.3 Å². The maximum atomic E-state index is 13.6. The fourth-order valence-corrected chi connectivity index (χ4v) is 18.1. The number of fused-ring (bicyclic) bond motifs is 3. The van der Waals surface area contributed by atoms with Crippen LogP contribution in [0.15, 0.2) is 208 Å². The molecule has 19 nitrogen and oxygen atoms in total. The van der Waals surface area contributed by atoms with Crippen LogP contribution in [-0.2, 0) is 55.5 Å². The Hall–Kier alpha value is -9.51. The van der Waals surface area contributed by atoms with Gasteiger partial charge in [0.2, 0.25) is 0 Å². The Morgan fingerprint density at radius 2 is 0.886 bits per heavy atom. The zero-order valence-corrected chi connectivity index (χ0v) is 62.5. The molecule has 7 aromatic carbocycles. The van der Waals surface area contributed by atoms with Crippen LogP contribution in [0.25, 0.3) is 43.8 Å². The van der Waals surface area contributed by atoms with Gasteiger partial charge in [-0.05, 0) is 194 Å². The van der Waals surface area contributed by atoms with E-state index in [1.165, 1.54) is 68.8 Å². The van der Waals surface area contributed by atoms with Crippen LogP contribution in [0.1, 0.15) is 50.1 Å².